The first-order valence-electron chi connectivity index (χ1n) is 6.14. The van der Waals surface area contributed by atoms with Crippen molar-refractivity contribution in [2.75, 3.05) is 0 Å². The summed E-state index contributed by atoms with van der Waals surface area (Å²) in [5.41, 5.74) is 0. The van der Waals surface area contributed by atoms with E-state index < -0.39 is 0 Å². The topological polar surface area (TPSA) is 0 Å². The average Bonchev–Trinajstić information content (AvgIpc) is 3.08. The van der Waals surface area contributed by atoms with Gasteiger partial charge in [-0.05, 0) is 0 Å². The Hall–Kier alpha value is -0.00675. The second-order valence-electron chi connectivity index (χ2n) is 4.31. The minimum Gasteiger partial charge on any atom is -1.00 e. The fraction of sp³-hybridized carbons (Fsp3) is 0. The van der Waals surface area contributed by atoms with E-state index in [4.69, 9.17) is 0 Å². The van der Waals surface area contributed by atoms with Crippen LogP contribution in [0.25, 0.3) is 21.5 Å². The number of halogens is 2. The second kappa shape index (κ2) is 12.4. The van der Waals surface area contributed by atoms with Gasteiger partial charge in [0.2, 0.25) is 0 Å². The monoisotopic (exact) mass is 505 g/mol. The molecule has 0 aliphatic rings. The van der Waals surface area contributed by atoms with E-state index in [2.05, 4.69) is 84.9 Å². The summed E-state index contributed by atoms with van der Waals surface area (Å²) in [6, 6.07) is 29.3. The summed E-state index contributed by atoms with van der Waals surface area (Å²) in [5, 5.41) is 5.32. The van der Waals surface area contributed by atoms with Gasteiger partial charge in [-0.3, -0.25) is 0 Å². The van der Waals surface area contributed by atoms with E-state index in [1.54, 1.807) is 0 Å². The van der Waals surface area contributed by atoms with Crippen molar-refractivity contribution in [1.82, 2.24) is 0 Å². The molecule has 0 fully saturated rings. The number of hydrogen-bond donors (Lipinski definition) is 0. The van der Waals surface area contributed by atoms with E-state index in [1.165, 1.54) is 21.5 Å². The van der Waals surface area contributed by atoms with Crippen LogP contribution in [0.2, 0.25) is 0 Å². The van der Waals surface area contributed by atoms with Crippen LogP contribution >= 0.6 is 0 Å². The van der Waals surface area contributed by atoms with Gasteiger partial charge in [0.15, 0.2) is 0 Å². The number of hydrogen-bond acceptors (Lipinski definition) is 0. The van der Waals surface area contributed by atoms with Crippen LogP contribution in [0.4, 0.5) is 0 Å². The smallest absolute Gasteiger partial charge is 1.00 e. The molecule has 104 valence electrons. The minimum atomic E-state index is 0. The van der Waals surface area contributed by atoms with Gasteiger partial charge >= 0.3 is 52.0 Å². The molecular weight excluding hydrogens is 493 g/mol. The Morgan fingerprint density at radius 2 is 0.909 bits per heavy atom. The van der Waals surface area contributed by atoms with Crippen LogP contribution < -0.4 is 24.8 Å². The van der Waals surface area contributed by atoms with E-state index in [-0.39, 0.29) is 76.9 Å². The van der Waals surface area contributed by atoms with Crippen LogP contribution in [-0.2, 0) is 26.2 Å². The third-order valence-corrected chi connectivity index (χ3v) is 3.10. The molecule has 0 aromatic heterocycles. The zero-order chi connectivity index (χ0) is 12.2. The Morgan fingerprint density at radius 1 is 0.545 bits per heavy atom. The number of benzene rings is 2. The van der Waals surface area contributed by atoms with Crippen LogP contribution in [0.5, 0.6) is 0 Å². The van der Waals surface area contributed by atoms with E-state index in [0.29, 0.717) is 0 Å². The fourth-order valence-electron chi connectivity index (χ4n) is 2.14. The van der Waals surface area contributed by atoms with Gasteiger partial charge in [0.05, 0.1) is 0 Å². The van der Waals surface area contributed by atoms with Gasteiger partial charge in [-0.2, -0.15) is 35.0 Å². The van der Waals surface area contributed by atoms with Gasteiger partial charge in [0, 0.05) is 0 Å². The maximum absolute atomic E-state index is 2.12. The van der Waals surface area contributed by atoms with Crippen LogP contribution in [0.15, 0.2) is 84.9 Å². The SMILES string of the molecule is [Cl-].[Cl-].[In+3].[Zr+4].c1ccc2[cH-]ccc2c1.c1ccc2[cH-]ccc2c1. The summed E-state index contributed by atoms with van der Waals surface area (Å²) >= 11 is 0. The largest absolute Gasteiger partial charge is 4.00 e. The van der Waals surface area contributed by atoms with E-state index >= 15 is 0 Å². The number of fused-ring (bicyclic) bond motifs is 2. The zero-order valence-electron chi connectivity index (χ0n) is 11.9. The quantitative estimate of drug-likeness (QED) is 0.261. The third-order valence-electron chi connectivity index (χ3n) is 3.10. The molecular formula is C18H14Cl2InZr+3. The molecule has 0 aliphatic heterocycles. The molecule has 0 radical (unpaired) electrons. The third kappa shape index (κ3) is 6.24. The zero-order valence-corrected chi connectivity index (χ0v) is 19.2. The molecule has 0 heterocycles. The maximum atomic E-state index is 2.12. The summed E-state index contributed by atoms with van der Waals surface area (Å²) in [6.07, 6.45) is 0. The Labute approximate surface area is 181 Å². The summed E-state index contributed by atoms with van der Waals surface area (Å²) in [5.74, 6) is 0. The van der Waals surface area contributed by atoms with Crippen molar-refractivity contribution in [1.29, 1.82) is 0 Å². The van der Waals surface area contributed by atoms with Crippen molar-refractivity contribution in [3.8, 4) is 0 Å². The Bertz CT molecular complexity index is 635. The van der Waals surface area contributed by atoms with E-state index in [9.17, 15) is 0 Å². The first-order chi connectivity index (χ1) is 8.93. The van der Waals surface area contributed by atoms with E-state index in [0.717, 1.165) is 0 Å². The molecule has 0 N–H and O–H groups in total. The molecule has 4 rings (SSSR count). The molecule has 0 saturated carbocycles. The predicted molar refractivity (Wildman–Crippen MR) is 84.8 cm³/mol. The molecule has 0 aliphatic carbocycles. The molecule has 22 heavy (non-hydrogen) atoms. The summed E-state index contributed by atoms with van der Waals surface area (Å²) in [7, 11) is 0. The molecule has 0 amide bonds. The summed E-state index contributed by atoms with van der Waals surface area (Å²) in [6.45, 7) is 0. The van der Waals surface area contributed by atoms with Gasteiger partial charge in [-0.25, -0.2) is 0 Å². The fourth-order valence-corrected chi connectivity index (χ4v) is 2.14. The Balaban J connectivity index is 0. The molecule has 0 bridgehead atoms. The average molecular weight is 507 g/mol. The molecule has 4 aromatic carbocycles. The molecule has 0 saturated heterocycles. The second-order valence-corrected chi connectivity index (χ2v) is 4.31. The Kier molecular flexibility index (Phi) is 13.7. The van der Waals surface area contributed by atoms with Gasteiger partial charge in [0.25, 0.3) is 0 Å². The molecule has 0 nitrogen and oxygen atoms in total. The van der Waals surface area contributed by atoms with Gasteiger partial charge < -0.3 is 24.8 Å². The van der Waals surface area contributed by atoms with Gasteiger partial charge in [0.1, 0.15) is 0 Å². The molecule has 4 heteroatoms. The predicted octanol–water partition coefficient (Wildman–Crippen LogP) is -1.26. The van der Waals surface area contributed by atoms with Crippen molar-refractivity contribution in [3.05, 3.63) is 84.9 Å². The summed E-state index contributed by atoms with van der Waals surface area (Å²) in [4.78, 5) is 0. The molecule has 0 spiro atoms. The van der Waals surface area contributed by atoms with Crippen LogP contribution in [-0.4, -0.2) is 25.8 Å². The minimum absolute atomic E-state index is 0. The van der Waals surface area contributed by atoms with Crippen molar-refractivity contribution in [3.63, 3.8) is 0 Å². The molecule has 4 aromatic rings. The van der Waals surface area contributed by atoms with Gasteiger partial charge in [-0.15, -0.1) is 59.3 Å². The van der Waals surface area contributed by atoms with E-state index in [1.807, 2.05) is 0 Å². The molecule has 0 atom stereocenters. The standard InChI is InChI=1S/2C9H7.2ClH.In.Zr/c2*1-2-5-9-7-3-6-8(9)4-1;;;;/h2*1-7H;2*1H;;/q2*-1;;;+3;+4/p-2. The van der Waals surface area contributed by atoms with Crippen molar-refractivity contribution < 1.29 is 51.0 Å². The van der Waals surface area contributed by atoms with Crippen molar-refractivity contribution >= 4 is 47.4 Å². The molecule has 0 unspecified atom stereocenters. The Morgan fingerprint density at radius 3 is 1.27 bits per heavy atom. The van der Waals surface area contributed by atoms with Crippen molar-refractivity contribution in [2.24, 2.45) is 0 Å². The normalized spacial score (nSPS) is 8.36. The van der Waals surface area contributed by atoms with Crippen molar-refractivity contribution in [2.45, 2.75) is 0 Å². The van der Waals surface area contributed by atoms with Crippen LogP contribution in [0.3, 0.4) is 0 Å². The first kappa shape index (κ1) is 24.2. The van der Waals surface area contributed by atoms with Crippen LogP contribution in [0, 0.1) is 0 Å². The maximum Gasteiger partial charge on any atom is 4.00 e. The van der Waals surface area contributed by atoms with Crippen LogP contribution in [0.1, 0.15) is 0 Å². The van der Waals surface area contributed by atoms with Gasteiger partial charge in [-0.1, -0.05) is 12.1 Å². The first-order valence-corrected chi connectivity index (χ1v) is 6.14. The number of rotatable bonds is 0. The summed E-state index contributed by atoms with van der Waals surface area (Å²) < 4.78 is 0.